The van der Waals surface area contributed by atoms with E-state index >= 15 is 0 Å². The minimum Gasteiger partial charge on any atom is -0.495 e. The summed E-state index contributed by atoms with van der Waals surface area (Å²) >= 11 is 0. The smallest absolute Gasteiger partial charge is 0.141 e. The van der Waals surface area contributed by atoms with Gasteiger partial charge in [0.05, 0.1) is 26.0 Å². The third-order valence-corrected chi connectivity index (χ3v) is 2.64. The minimum absolute atomic E-state index is 0.374. The molecular weight excluding hydrogens is 204 g/mol. The molecule has 0 unspecified atom stereocenters. The Balaban J connectivity index is 1.88. The maximum absolute atomic E-state index is 5.39. The highest BCUT2D eigenvalue weighted by Gasteiger charge is 2.12. The highest BCUT2D eigenvalue weighted by atomic mass is 16.5. The fourth-order valence-corrected chi connectivity index (χ4v) is 1.77. The van der Waals surface area contributed by atoms with Crippen LogP contribution in [0.15, 0.2) is 24.3 Å². The van der Waals surface area contributed by atoms with Crippen LogP contribution in [0.5, 0.6) is 5.75 Å². The molecular formula is C12H18N2O2. The van der Waals surface area contributed by atoms with Crippen LogP contribution in [-0.4, -0.2) is 39.5 Å². The van der Waals surface area contributed by atoms with E-state index in [4.69, 9.17) is 9.47 Å². The summed E-state index contributed by atoms with van der Waals surface area (Å²) in [6.07, 6.45) is 0. The molecule has 16 heavy (non-hydrogen) atoms. The molecule has 1 aliphatic heterocycles. The van der Waals surface area contributed by atoms with Gasteiger partial charge in [-0.15, -0.1) is 0 Å². The molecule has 0 aliphatic carbocycles. The lowest BCUT2D eigenvalue weighted by Crippen LogP contribution is -2.45. The zero-order chi connectivity index (χ0) is 11.2. The van der Waals surface area contributed by atoms with Crippen molar-refractivity contribution in [1.82, 2.24) is 5.32 Å². The van der Waals surface area contributed by atoms with Crippen LogP contribution < -0.4 is 15.4 Å². The molecule has 1 atom stereocenters. The van der Waals surface area contributed by atoms with Gasteiger partial charge in [-0.1, -0.05) is 12.1 Å². The number of rotatable bonds is 4. The Labute approximate surface area is 95.9 Å². The Morgan fingerprint density at radius 2 is 2.38 bits per heavy atom. The average Bonchev–Trinajstić information content (AvgIpc) is 2.38. The molecule has 4 heteroatoms. The van der Waals surface area contributed by atoms with E-state index in [1.807, 2.05) is 24.3 Å². The molecule has 1 aliphatic rings. The zero-order valence-electron chi connectivity index (χ0n) is 9.53. The molecule has 1 heterocycles. The topological polar surface area (TPSA) is 42.5 Å². The van der Waals surface area contributed by atoms with Crippen LogP contribution in [0.25, 0.3) is 0 Å². The molecule has 0 saturated carbocycles. The molecule has 88 valence electrons. The van der Waals surface area contributed by atoms with Gasteiger partial charge in [-0.3, -0.25) is 0 Å². The molecule has 0 bridgehead atoms. The first-order valence-corrected chi connectivity index (χ1v) is 5.58. The van der Waals surface area contributed by atoms with E-state index in [2.05, 4.69) is 10.6 Å². The third kappa shape index (κ3) is 2.87. The van der Waals surface area contributed by atoms with E-state index in [-0.39, 0.29) is 0 Å². The standard InChI is InChI=1S/C12H18N2O2/c1-15-12-5-3-2-4-11(12)14-8-10-9-16-7-6-13-10/h2-5,10,13-14H,6-9H2,1H3/t10-/m1/s1. The number of methoxy groups -OCH3 is 1. The first kappa shape index (κ1) is 11.2. The Morgan fingerprint density at radius 3 is 3.12 bits per heavy atom. The molecule has 2 rings (SSSR count). The van der Waals surface area contributed by atoms with Gasteiger partial charge in [-0.2, -0.15) is 0 Å². The van der Waals surface area contributed by atoms with Gasteiger partial charge in [0.25, 0.3) is 0 Å². The van der Waals surface area contributed by atoms with Crippen molar-refractivity contribution in [2.24, 2.45) is 0 Å². The molecule has 1 aromatic carbocycles. The molecule has 1 aromatic rings. The van der Waals surface area contributed by atoms with Gasteiger partial charge >= 0.3 is 0 Å². The largest absolute Gasteiger partial charge is 0.495 e. The number of ether oxygens (including phenoxy) is 2. The second kappa shape index (κ2) is 5.72. The molecule has 0 aromatic heterocycles. The summed E-state index contributed by atoms with van der Waals surface area (Å²) in [7, 11) is 1.68. The fourth-order valence-electron chi connectivity index (χ4n) is 1.77. The van der Waals surface area contributed by atoms with Crippen molar-refractivity contribution < 1.29 is 9.47 Å². The number of nitrogens with one attached hydrogen (secondary N) is 2. The van der Waals surface area contributed by atoms with Crippen molar-refractivity contribution in [2.45, 2.75) is 6.04 Å². The van der Waals surface area contributed by atoms with Crippen molar-refractivity contribution in [3.05, 3.63) is 24.3 Å². The van der Waals surface area contributed by atoms with Crippen LogP contribution in [-0.2, 0) is 4.74 Å². The van der Waals surface area contributed by atoms with Gasteiger partial charge in [0.2, 0.25) is 0 Å². The van der Waals surface area contributed by atoms with Crippen LogP contribution in [0, 0.1) is 0 Å². The Morgan fingerprint density at radius 1 is 1.50 bits per heavy atom. The molecule has 0 spiro atoms. The third-order valence-electron chi connectivity index (χ3n) is 2.64. The molecule has 2 N–H and O–H groups in total. The summed E-state index contributed by atoms with van der Waals surface area (Å²) < 4.78 is 10.7. The average molecular weight is 222 g/mol. The van der Waals surface area contributed by atoms with E-state index in [9.17, 15) is 0 Å². The first-order chi connectivity index (χ1) is 7.90. The van der Waals surface area contributed by atoms with Crippen LogP contribution >= 0.6 is 0 Å². The SMILES string of the molecule is COc1ccccc1NC[C@@H]1COCCN1. The lowest BCUT2D eigenvalue weighted by Gasteiger charge is -2.24. The lowest BCUT2D eigenvalue weighted by atomic mass is 10.2. The lowest BCUT2D eigenvalue weighted by molar-refractivity contribution is 0.0806. The van der Waals surface area contributed by atoms with Gasteiger partial charge in [0, 0.05) is 19.1 Å². The zero-order valence-corrected chi connectivity index (χ0v) is 9.53. The number of anilines is 1. The van der Waals surface area contributed by atoms with Gasteiger partial charge in [-0.25, -0.2) is 0 Å². The van der Waals surface area contributed by atoms with Crippen molar-refractivity contribution in [3.8, 4) is 5.75 Å². The van der Waals surface area contributed by atoms with Crippen molar-refractivity contribution in [3.63, 3.8) is 0 Å². The van der Waals surface area contributed by atoms with Gasteiger partial charge in [0.1, 0.15) is 5.75 Å². The number of morpholine rings is 1. The Hall–Kier alpha value is -1.26. The quantitative estimate of drug-likeness (QED) is 0.800. The maximum atomic E-state index is 5.39. The Bertz CT molecular complexity index is 325. The summed E-state index contributed by atoms with van der Waals surface area (Å²) in [5.41, 5.74) is 1.03. The Kier molecular flexibility index (Phi) is 4.02. The van der Waals surface area contributed by atoms with Gasteiger partial charge in [0.15, 0.2) is 0 Å². The van der Waals surface area contributed by atoms with Crippen molar-refractivity contribution >= 4 is 5.69 Å². The second-order valence-electron chi connectivity index (χ2n) is 3.81. The number of benzene rings is 1. The van der Waals surface area contributed by atoms with Crippen LogP contribution in [0.3, 0.4) is 0 Å². The fraction of sp³-hybridized carbons (Fsp3) is 0.500. The van der Waals surface area contributed by atoms with E-state index in [0.29, 0.717) is 6.04 Å². The van der Waals surface area contributed by atoms with E-state index in [1.165, 1.54) is 0 Å². The number of para-hydroxylation sites is 2. The molecule has 4 nitrogen and oxygen atoms in total. The summed E-state index contributed by atoms with van der Waals surface area (Å²) in [5, 5.41) is 6.76. The summed E-state index contributed by atoms with van der Waals surface area (Å²) in [5.74, 6) is 0.874. The first-order valence-electron chi connectivity index (χ1n) is 5.58. The molecule has 1 fully saturated rings. The van der Waals surface area contributed by atoms with Crippen molar-refractivity contribution in [1.29, 1.82) is 0 Å². The molecule has 0 radical (unpaired) electrons. The molecule has 0 amide bonds. The summed E-state index contributed by atoms with van der Waals surface area (Å²) in [6, 6.07) is 8.30. The summed E-state index contributed by atoms with van der Waals surface area (Å²) in [4.78, 5) is 0. The second-order valence-corrected chi connectivity index (χ2v) is 3.81. The normalized spacial score (nSPS) is 20.4. The highest BCUT2D eigenvalue weighted by molar-refractivity contribution is 5.56. The minimum atomic E-state index is 0.374. The monoisotopic (exact) mass is 222 g/mol. The van der Waals surface area contributed by atoms with Gasteiger partial charge < -0.3 is 20.1 Å². The van der Waals surface area contributed by atoms with Gasteiger partial charge in [-0.05, 0) is 12.1 Å². The van der Waals surface area contributed by atoms with Crippen LogP contribution in [0.2, 0.25) is 0 Å². The van der Waals surface area contributed by atoms with Crippen molar-refractivity contribution in [2.75, 3.05) is 38.7 Å². The maximum Gasteiger partial charge on any atom is 0.141 e. The van der Waals surface area contributed by atoms with E-state index in [1.54, 1.807) is 7.11 Å². The summed E-state index contributed by atoms with van der Waals surface area (Å²) in [6.45, 7) is 3.35. The highest BCUT2D eigenvalue weighted by Crippen LogP contribution is 2.22. The number of hydrogen-bond acceptors (Lipinski definition) is 4. The van der Waals surface area contributed by atoms with Crippen LogP contribution in [0.4, 0.5) is 5.69 Å². The number of hydrogen-bond donors (Lipinski definition) is 2. The predicted octanol–water partition coefficient (Wildman–Crippen LogP) is 1.10. The van der Waals surface area contributed by atoms with E-state index in [0.717, 1.165) is 37.7 Å². The predicted molar refractivity (Wildman–Crippen MR) is 64.1 cm³/mol. The van der Waals surface area contributed by atoms with E-state index < -0.39 is 0 Å². The molecule has 1 saturated heterocycles. The van der Waals surface area contributed by atoms with Crippen LogP contribution in [0.1, 0.15) is 0 Å².